The minimum Gasteiger partial charge on any atom is -0.390 e. The summed E-state index contributed by atoms with van der Waals surface area (Å²) in [5, 5.41) is 10.7. The van der Waals surface area contributed by atoms with E-state index in [2.05, 4.69) is 35.0 Å². The van der Waals surface area contributed by atoms with Gasteiger partial charge in [0.05, 0.1) is 17.8 Å². The Morgan fingerprint density at radius 2 is 2.10 bits per heavy atom. The first-order valence-corrected chi connectivity index (χ1v) is 8.06. The van der Waals surface area contributed by atoms with E-state index >= 15 is 0 Å². The molecule has 1 fully saturated rings. The molecule has 3 nitrogen and oxygen atoms in total. The van der Waals surface area contributed by atoms with Gasteiger partial charge in [-0.15, -0.1) is 0 Å². The number of rotatable bonds is 3. The van der Waals surface area contributed by atoms with Crippen LogP contribution < -0.4 is 4.90 Å². The first-order chi connectivity index (χ1) is 10.3. The van der Waals surface area contributed by atoms with Gasteiger partial charge < -0.3 is 10.0 Å². The van der Waals surface area contributed by atoms with Crippen LogP contribution in [-0.4, -0.2) is 23.2 Å². The Morgan fingerprint density at radius 3 is 2.90 bits per heavy atom. The van der Waals surface area contributed by atoms with Crippen LogP contribution in [0.3, 0.4) is 0 Å². The Labute approximate surface area is 126 Å². The van der Waals surface area contributed by atoms with E-state index in [0.717, 1.165) is 30.2 Å². The molecule has 3 heteroatoms. The number of hydrogen-bond acceptors (Lipinski definition) is 3. The number of para-hydroxylation sites is 1. The molecule has 1 aliphatic heterocycles. The van der Waals surface area contributed by atoms with Crippen molar-refractivity contribution in [3.8, 4) is 0 Å². The zero-order valence-corrected chi connectivity index (χ0v) is 12.8. The van der Waals surface area contributed by atoms with Crippen molar-refractivity contribution in [2.45, 2.75) is 39.2 Å². The molecule has 3 rings (SSSR count). The third-order valence-corrected chi connectivity index (χ3v) is 4.68. The molecule has 0 bridgehead atoms. The van der Waals surface area contributed by atoms with E-state index in [9.17, 15) is 5.11 Å². The number of benzene rings is 1. The zero-order chi connectivity index (χ0) is 14.7. The summed E-state index contributed by atoms with van der Waals surface area (Å²) in [6.07, 6.45) is 5.14. The fraction of sp³-hybridized carbons (Fsp3) is 0.500. The van der Waals surface area contributed by atoms with Crippen LogP contribution in [0.25, 0.3) is 10.9 Å². The van der Waals surface area contributed by atoms with E-state index < -0.39 is 0 Å². The van der Waals surface area contributed by atoms with Gasteiger partial charge in [-0.05, 0) is 37.3 Å². The molecule has 1 aromatic heterocycles. The topological polar surface area (TPSA) is 36.4 Å². The van der Waals surface area contributed by atoms with E-state index in [1.54, 1.807) is 0 Å². The van der Waals surface area contributed by atoms with Gasteiger partial charge in [0, 0.05) is 24.2 Å². The average Bonchev–Trinajstić information content (AvgIpc) is 2.79. The highest BCUT2D eigenvalue weighted by atomic mass is 16.3. The van der Waals surface area contributed by atoms with Gasteiger partial charge in [-0.2, -0.15) is 0 Å². The van der Waals surface area contributed by atoms with Crippen LogP contribution in [0.2, 0.25) is 0 Å². The molecule has 0 saturated carbocycles. The molecular weight excluding hydrogens is 260 g/mol. The Hall–Kier alpha value is -1.61. The van der Waals surface area contributed by atoms with Crippen LogP contribution in [0.15, 0.2) is 30.3 Å². The molecule has 1 atom stereocenters. The molecule has 112 valence electrons. The minimum absolute atomic E-state index is 0.00323. The maximum Gasteiger partial charge on any atom is 0.0854 e. The predicted molar refractivity (Wildman–Crippen MR) is 87.5 cm³/mol. The number of aliphatic hydroxyl groups excluding tert-OH is 1. The number of hydrogen-bond donors (Lipinski definition) is 1. The van der Waals surface area contributed by atoms with Gasteiger partial charge in [-0.3, -0.25) is 4.98 Å². The van der Waals surface area contributed by atoms with Gasteiger partial charge in [0.1, 0.15) is 0 Å². The monoisotopic (exact) mass is 284 g/mol. The molecule has 1 aromatic carbocycles. The zero-order valence-electron chi connectivity index (χ0n) is 12.8. The first-order valence-electron chi connectivity index (χ1n) is 8.06. The lowest BCUT2D eigenvalue weighted by Gasteiger charge is -2.25. The second-order valence-corrected chi connectivity index (χ2v) is 6.00. The summed E-state index contributed by atoms with van der Waals surface area (Å²) in [5.74, 6) is 0.861. The van der Waals surface area contributed by atoms with Gasteiger partial charge >= 0.3 is 0 Å². The average molecular weight is 284 g/mol. The van der Waals surface area contributed by atoms with Gasteiger partial charge in [-0.1, -0.05) is 31.5 Å². The molecule has 1 unspecified atom stereocenters. The smallest absolute Gasteiger partial charge is 0.0854 e. The Kier molecular flexibility index (Phi) is 4.39. The fourth-order valence-corrected chi connectivity index (χ4v) is 3.37. The van der Waals surface area contributed by atoms with Crippen LogP contribution in [-0.2, 0) is 6.61 Å². The largest absolute Gasteiger partial charge is 0.390 e. The van der Waals surface area contributed by atoms with Gasteiger partial charge in [-0.25, -0.2) is 0 Å². The molecule has 2 heterocycles. The Balaban J connectivity index is 1.98. The standard InChI is InChI=1S/C18H24N2O/c1-2-14-6-5-10-20(11-9-14)18-12-15(13-21)19-17-8-4-3-7-16(17)18/h3-4,7-8,12,14,21H,2,5-6,9-11,13H2,1H3. The summed E-state index contributed by atoms with van der Waals surface area (Å²) < 4.78 is 0. The van der Waals surface area contributed by atoms with Crippen LogP contribution in [0.1, 0.15) is 38.3 Å². The first kappa shape index (κ1) is 14.3. The summed E-state index contributed by atoms with van der Waals surface area (Å²) in [7, 11) is 0. The molecule has 0 radical (unpaired) electrons. The van der Waals surface area contributed by atoms with Crippen molar-refractivity contribution in [1.82, 2.24) is 4.98 Å². The van der Waals surface area contributed by atoms with Crippen molar-refractivity contribution in [3.63, 3.8) is 0 Å². The lowest BCUT2D eigenvalue weighted by Crippen LogP contribution is -2.24. The van der Waals surface area contributed by atoms with Crippen LogP contribution in [0.4, 0.5) is 5.69 Å². The van der Waals surface area contributed by atoms with E-state index in [4.69, 9.17) is 0 Å². The highest BCUT2D eigenvalue weighted by Crippen LogP contribution is 2.30. The molecule has 0 amide bonds. The van der Waals surface area contributed by atoms with E-state index in [1.165, 1.54) is 36.8 Å². The quantitative estimate of drug-likeness (QED) is 0.932. The highest BCUT2D eigenvalue weighted by Gasteiger charge is 2.18. The third-order valence-electron chi connectivity index (χ3n) is 4.68. The number of aliphatic hydroxyl groups is 1. The lowest BCUT2D eigenvalue weighted by molar-refractivity contribution is 0.277. The second-order valence-electron chi connectivity index (χ2n) is 6.00. The van der Waals surface area contributed by atoms with Gasteiger partial charge in [0.25, 0.3) is 0 Å². The van der Waals surface area contributed by atoms with Crippen LogP contribution in [0, 0.1) is 5.92 Å². The molecule has 1 aliphatic rings. The molecule has 0 spiro atoms. The molecular formula is C18H24N2O. The van der Waals surface area contributed by atoms with Crippen molar-refractivity contribution in [2.75, 3.05) is 18.0 Å². The Bertz CT molecular complexity index is 611. The fourth-order valence-electron chi connectivity index (χ4n) is 3.37. The van der Waals surface area contributed by atoms with E-state index in [1.807, 2.05) is 12.1 Å². The van der Waals surface area contributed by atoms with Crippen LogP contribution in [0.5, 0.6) is 0 Å². The second kappa shape index (κ2) is 6.44. The molecule has 21 heavy (non-hydrogen) atoms. The van der Waals surface area contributed by atoms with Crippen molar-refractivity contribution >= 4 is 16.6 Å². The van der Waals surface area contributed by atoms with Crippen molar-refractivity contribution < 1.29 is 5.11 Å². The predicted octanol–water partition coefficient (Wildman–Crippen LogP) is 3.74. The maximum atomic E-state index is 9.47. The minimum atomic E-state index is 0.00323. The number of pyridine rings is 1. The number of anilines is 1. The van der Waals surface area contributed by atoms with Gasteiger partial charge in [0.15, 0.2) is 0 Å². The third kappa shape index (κ3) is 3.03. The summed E-state index contributed by atoms with van der Waals surface area (Å²) in [6, 6.07) is 10.3. The van der Waals surface area contributed by atoms with Crippen LogP contribution >= 0.6 is 0 Å². The van der Waals surface area contributed by atoms with Gasteiger partial charge in [0.2, 0.25) is 0 Å². The van der Waals surface area contributed by atoms with E-state index in [0.29, 0.717) is 0 Å². The number of fused-ring (bicyclic) bond motifs is 1. The number of nitrogens with zero attached hydrogens (tertiary/aromatic N) is 2. The molecule has 1 saturated heterocycles. The molecule has 2 aromatic rings. The SMILES string of the molecule is CCC1CCCN(c2cc(CO)nc3ccccc23)CC1. The van der Waals surface area contributed by atoms with Crippen molar-refractivity contribution in [2.24, 2.45) is 5.92 Å². The number of aromatic nitrogens is 1. The Morgan fingerprint density at radius 1 is 1.24 bits per heavy atom. The summed E-state index contributed by atoms with van der Waals surface area (Å²) in [5.41, 5.74) is 2.98. The normalized spacial score (nSPS) is 19.7. The summed E-state index contributed by atoms with van der Waals surface area (Å²) in [4.78, 5) is 7.01. The summed E-state index contributed by atoms with van der Waals surface area (Å²) in [6.45, 7) is 4.52. The molecule has 0 aliphatic carbocycles. The van der Waals surface area contributed by atoms with E-state index in [-0.39, 0.29) is 6.61 Å². The maximum absolute atomic E-state index is 9.47. The van der Waals surface area contributed by atoms with Crippen molar-refractivity contribution in [1.29, 1.82) is 0 Å². The summed E-state index contributed by atoms with van der Waals surface area (Å²) >= 11 is 0. The highest BCUT2D eigenvalue weighted by molar-refractivity contribution is 5.92. The molecule has 1 N–H and O–H groups in total. The van der Waals surface area contributed by atoms with Crippen molar-refractivity contribution in [3.05, 3.63) is 36.0 Å². The lowest BCUT2D eigenvalue weighted by atomic mass is 9.98.